The number of hydrogen-bond acceptors (Lipinski definition) is 4. The lowest BCUT2D eigenvalue weighted by Crippen LogP contribution is -2.39. The van der Waals surface area contributed by atoms with Gasteiger partial charge in [0.25, 0.3) is 5.91 Å². The predicted molar refractivity (Wildman–Crippen MR) is 89.3 cm³/mol. The molecule has 0 spiro atoms. The molecule has 1 fully saturated rings. The summed E-state index contributed by atoms with van der Waals surface area (Å²) < 4.78 is 5.27. The van der Waals surface area contributed by atoms with Gasteiger partial charge in [-0.2, -0.15) is 0 Å². The zero-order valence-electron chi connectivity index (χ0n) is 13.7. The smallest absolute Gasteiger partial charge is 0.255 e. The molecular weight excluding hydrogens is 290 g/mol. The maximum atomic E-state index is 12.5. The van der Waals surface area contributed by atoms with Crippen molar-refractivity contribution < 1.29 is 9.21 Å². The summed E-state index contributed by atoms with van der Waals surface area (Å²) in [5.41, 5.74) is 1.76. The molecule has 3 heterocycles. The fraction of sp³-hybridized carbons (Fsp3) is 0.444. The van der Waals surface area contributed by atoms with Crippen molar-refractivity contribution in [3.63, 3.8) is 0 Å². The number of hydrogen-bond donors (Lipinski definition) is 1. The topological polar surface area (TPSA) is 58.4 Å². The number of piperidine rings is 1. The summed E-state index contributed by atoms with van der Waals surface area (Å²) in [5, 5.41) is 3.24. The van der Waals surface area contributed by atoms with Gasteiger partial charge in [0, 0.05) is 31.4 Å². The van der Waals surface area contributed by atoms with Crippen molar-refractivity contribution in [1.82, 2.24) is 9.88 Å². The summed E-state index contributed by atoms with van der Waals surface area (Å²) in [6, 6.07) is 5.65. The van der Waals surface area contributed by atoms with E-state index in [2.05, 4.69) is 17.2 Å². The molecule has 2 aromatic rings. The Morgan fingerprint density at radius 1 is 1.43 bits per heavy atom. The Bertz CT molecular complexity index is 663. The first-order valence-electron chi connectivity index (χ1n) is 8.15. The lowest BCUT2D eigenvalue weighted by molar-refractivity contribution is 0.0682. The van der Waals surface area contributed by atoms with Gasteiger partial charge in [-0.15, -0.1) is 0 Å². The quantitative estimate of drug-likeness (QED) is 0.939. The average molecular weight is 313 g/mol. The van der Waals surface area contributed by atoms with Crippen LogP contribution in [-0.2, 0) is 6.54 Å². The summed E-state index contributed by atoms with van der Waals surface area (Å²) >= 11 is 0. The molecule has 0 aromatic carbocycles. The number of anilines is 1. The summed E-state index contributed by atoms with van der Waals surface area (Å²) in [6.45, 7) is 6.49. The third-order valence-electron chi connectivity index (χ3n) is 4.38. The maximum Gasteiger partial charge on any atom is 0.255 e. The minimum absolute atomic E-state index is 0.0845. The Hall–Kier alpha value is -2.30. The second-order valence-corrected chi connectivity index (χ2v) is 6.29. The summed E-state index contributed by atoms with van der Waals surface area (Å²) in [5.74, 6) is 2.33. The van der Waals surface area contributed by atoms with Gasteiger partial charge in [0.1, 0.15) is 11.6 Å². The molecule has 1 aliphatic rings. The van der Waals surface area contributed by atoms with Crippen LogP contribution in [0.15, 0.2) is 35.1 Å². The standard InChI is InChI=1S/C18H23N3O2/c1-13-4-3-8-21(12-13)18(22)16-5-6-17(20-11-16)19-10-15-7-9-23-14(15)2/h5-7,9,11,13H,3-4,8,10,12H2,1-2H3,(H,19,20). The van der Waals surface area contributed by atoms with Crippen LogP contribution >= 0.6 is 0 Å². The first kappa shape index (κ1) is 15.6. The molecule has 3 rings (SSSR count). The average Bonchev–Trinajstić information content (AvgIpc) is 2.98. The van der Waals surface area contributed by atoms with Crippen molar-refractivity contribution in [2.45, 2.75) is 33.2 Å². The SMILES string of the molecule is Cc1occc1CNc1ccc(C(=O)N2CCCC(C)C2)cn1. The van der Waals surface area contributed by atoms with Crippen molar-refractivity contribution >= 4 is 11.7 Å². The minimum Gasteiger partial charge on any atom is -0.469 e. The molecule has 0 aliphatic carbocycles. The summed E-state index contributed by atoms with van der Waals surface area (Å²) in [4.78, 5) is 18.8. The highest BCUT2D eigenvalue weighted by Crippen LogP contribution is 2.18. The van der Waals surface area contributed by atoms with E-state index >= 15 is 0 Å². The van der Waals surface area contributed by atoms with E-state index in [9.17, 15) is 4.79 Å². The monoisotopic (exact) mass is 313 g/mol. The second-order valence-electron chi connectivity index (χ2n) is 6.29. The Labute approximate surface area is 136 Å². The lowest BCUT2D eigenvalue weighted by atomic mass is 10.00. The number of likely N-dealkylation sites (tertiary alicyclic amines) is 1. The van der Waals surface area contributed by atoms with Gasteiger partial charge in [0.2, 0.25) is 0 Å². The molecule has 5 heteroatoms. The van der Waals surface area contributed by atoms with E-state index in [1.165, 1.54) is 6.42 Å². The zero-order chi connectivity index (χ0) is 16.2. The van der Waals surface area contributed by atoms with Gasteiger partial charge in [-0.05, 0) is 43.9 Å². The molecular formula is C18H23N3O2. The number of amides is 1. The molecule has 5 nitrogen and oxygen atoms in total. The van der Waals surface area contributed by atoms with Gasteiger partial charge < -0.3 is 14.6 Å². The minimum atomic E-state index is 0.0845. The Morgan fingerprint density at radius 3 is 2.96 bits per heavy atom. The number of nitrogens with zero attached hydrogens (tertiary/aromatic N) is 2. The molecule has 1 N–H and O–H groups in total. The molecule has 0 saturated carbocycles. The Kier molecular flexibility index (Phi) is 4.65. The second kappa shape index (κ2) is 6.86. The zero-order valence-corrected chi connectivity index (χ0v) is 13.7. The highest BCUT2D eigenvalue weighted by molar-refractivity contribution is 5.94. The first-order valence-corrected chi connectivity index (χ1v) is 8.15. The molecule has 0 radical (unpaired) electrons. The molecule has 0 bridgehead atoms. The highest BCUT2D eigenvalue weighted by Gasteiger charge is 2.22. The van der Waals surface area contributed by atoms with Gasteiger partial charge in [0.15, 0.2) is 0 Å². The number of furan rings is 1. The van der Waals surface area contributed by atoms with Crippen LogP contribution in [0, 0.1) is 12.8 Å². The molecule has 23 heavy (non-hydrogen) atoms. The number of nitrogens with one attached hydrogen (secondary N) is 1. The van der Waals surface area contributed by atoms with Crippen molar-refractivity contribution in [3.8, 4) is 0 Å². The molecule has 1 amide bonds. The van der Waals surface area contributed by atoms with E-state index < -0.39 is 0 Å². The van der Waals surface area contributed by atoms with E-state index in [1.54, 1.807) is 12.5 Å². The number of carbonyl (C=O) groups excluding carboxylic acids is 1. The van der Waals surface area contributed by atoms with E-state index in [0.29, 0.717) is 18.0 Å². The highest BCUT2D eigenvalue weighted by atomic mass is 16.3. The lowest BCUT2D eigenvalue weighted by Gasteiger charge is -2.30. The van der Waals surface area contributed by atoms with Crippen LogP contribution in [0.2, 0.25) is 0 Å². The largest absolute Gasteiger partial charge is 0.469 e. The Balaban J connectivity index is 1.60. The van der Waals surface area contributed by atoms with Crippen LogP contribution < -0.4 is 5.32 Å². The van der Waals surface area contributed by atoms with E-state index in [-0.39, 0.29) is 5.91 Å². The van der Waals surface area contributed by atoms with Crippen LogP contribution in [-0.4, -0.2) is 28.9 Å². The van der Waals surface area contributed by atoms with Crippen molar-refractivity contribution in [3.05, 3.63) is 47.5 Å². The fourth-order valence-corrected chi connectivity index (χ4v) is 2.96. The fourth-order valence-electron chi connectivity index (χ4n) is 2.96. The third-order valence-corrected chi connectivity index (χ3v) is 4.38. The number of aromatic nitrogens is 1. The number of carbonyl (C=O) groups is 1. The van der Waals surface area contributed by atoms with Crippen molar-refractivity contribution in [2.24, 2.45) is 5.92 Å². The molecule has 2 aromatic heterocycles. The van der Waals surface area contributed by atoms with Crippen molar-refractivity contribution in [1.29, 1.82) is 0 Å². The normalized spacial score (nSPS) is 18.0. The van der Waals surface area contributed by atoms with E-state index in [0.717, 1.165) is 36.7 Å². The van der Waals surface area contributed by atoms with Crippen LogP contribution in [0.5, 0.6) is 0 Å². The van der Waals surface area contributed by atoms with E-state index in [4.69, 9.17) is 4.42 Å². The van der Waals surface area contributed by atoms with Gasteiger partial charge >= 0.3 is 0 Å². The number of aryl methyl sites for hydroxylation is 1. The van der Waals surface area contributed by atoms with Crippen LogP contribution in [0.25, 0.3) is 0 Å². The van der Waals surface area contributed by atoms with Crippen LogP contribution in [0.4, 0.5) is 5.82 Å². The molecule has 1 unspecified atom stereocenters. The molecule has 1 saturated heterocycles. The molecule has 1 aliphatic heterocycles. The Morgan fingerprint density at radius 2 is 2.30 bits per heavy atom. The summed E-state index contributed by atoms with van der Waals surface area (Å²) in [7, 11) is 0. The molecule has 122 valence electrons. The number of pyridine rings is 1. The van der Waals surface area contributed by atoms with Crippen LogP contribution in [0.3, 0.4) is 0 Å². The van der Waals surface area contributed by atoms with Gasteiger partial charge in [0.05, 0.1) is 11.8 Å². The summed E-state index contributed by atoms with van der Waals surface area (Å²) in [6.07, 6.45) is 5.63. The predicted octanol–water partition coefficient (Wildman–Crippen LogP) is 3.47. The van der Waals surface area contributed by atoms with Gasteiger partial charge in [-0.3, -0.25) is 4.79 Å². The molecule has 1 atom stereocenters. The van der Waals surface area contributed by atoms with Gasteiger partial charge in [-0.25, -0.2) is 4.98 Å². The van der Waals surface area contributed by atoms with Crippen LogP contribution in [0.1, 0.15) is 41.4 Å². The van der Waals surface area contributed by atoms with Gasteiger partial charge in [-0.1, -0.05) is 6.92 Å². The first-order chi connectivity index (χ1) is 11.1. The number of rotatable bonds is 4. The third kappa shape index (κ3) is 3.73. The maximum absolute atomic E-state index is 12.5. The van der Waals surface area contributed by atoms with Crippen molar-refractivity contribution in [2.75, 3.05) is 18.4 Å². The van der Waals surface area contributed by atoms with E-state index in [1.807, 2.05) is 30.0 Å².